The smallest absolute Gasteiger partial charge is 0.414 e. The Hall–Kier alpha value is -3.35. The highest BCUT2D eigenvalue weighted by Gasteiger charge is 2.19. The van der Waals surface area contributed by atoms with Crippen molar-refractivity contribution in [1.82, 2.24) is 9.55 Å². The molecule has 0 unspecified atom stereocenters. The largest absolute Gasteiger partial charge is 0.447 e. The Morgan fingerprint density at radius 3 is 2.58 bits per heavy atom. The molecule has 0 spiro atoms. The van der Waals surface area contributed by atoms with E-state index in [9.17, 15) is 4.79 Å². The molecule has 7 heteroatoms. The summed E-state index contributed by atoms with van der Waals surface area (Å²) in [6, 6.07) is 14.5. The van der Waals surface area contributed by atoms with Crippen LogP contribution in [-0.4, -0.2) is 27.8 Å². The minimum absolute atomic E-state index is 0.162. The molecule has 1 aromatic heterocycles. The van der Waals surface area contributed by atoms with Crippen molar-refractivity contribution in [1.29, 1.82) is 5.41 Å². The van der Waals surface area contributed by atoms with Gasteiger partial charge in [0.25, 0.3) is 0 Å². The van der Waals surface area contributed by atoms with E-state index in [-0.39, 0.29) is 18.1 Å². The number of hydrogen-bond donors (Lipinski definition) is 2. The van der Waals surface area contributed by atoms with Gasteiger partial charge in [-0.2, -0.15) is 0 Å². The minimum atomic E-state index is -0.639. The average Bonchev–Trinajstić information content (AvgIpc) is 2.93. The zero-order chi connectivity index (χ0) is 18.7. The molecular weight excluding hydrogens is 332 g/mol. The summed E-state index contributed by atoms with van der Waals surface area (Å²) in [5.41, 5.74) is 2.17. The number of rotatable bonds is 3. The molecule has 0 saturated carbocycles. The van der Waals surface area contributed by atoms with Crippen LogP contribution in [-0.2, 0) is 4.74 Å². The lowest BCUT2D eigenvalue weighted by molar-refractivity contribution is 0.129. The number of hydrogen-bond acceptors (Lipinski definition) is 5. The van der Waals surface area contributed by atoms with Gasteiger partial charge in [0.2, 0.25) is 5.95 Å². The molecule has 0 atom stereocenters. The molecule has 2 aromatic carbocycles. The molecule has 1 amide bonds. The van der Waals surface area contributed by atoms with Gasteiger partial charge in [0.05, 0.1) is 17.1 Å². The molecule has 0 radical (unpaired) electrons. The van der Waals surface area contributed by atoms with Crippen molar-refractivity contribution < 1.29 is 14.3 Å². The molecule has 1 heterocycles. The molecule has 7 nitrogen and oxygen atoms in total. The topological polar surface area (TPSA) is 89.2 Å². The molecule has 134 valence electrons. The first-order valence-corrected chi connectivity index (χ1v) is 8.23. The molecule has 0 bridgehead atoms. The predicted octanol–water partition coefficient (Wildman–Crippen LogP) is 4.16. The highest BCUT2D eigenvalue weighted by Crippen LogP contribution is 2.22. The molecule has 3 aromatic rings. The summed E-state index contributed by atoms with van der Waals surface area (Å²) in [6.07, 6.45) is -0.907. The van der Waals surface area contributed by atoms with Crippen molar-refractivity contribution in [2.75, 3.05) is 5.32 Å². The number of benzene rings is 2. The molecule has 0 fully saturated rings. The van der Waals surface area contributed by atoms with Crippen LogP contribution in [0.5, 0.6) is 5.75 Å². The third-order valence-electron chi connectivity index (χ3n) is 3.62. The molecular formula is C19H20N4O3. The second-order valence-electron chi connectivity index (χ2n) is 6.01. The van der Waals surface area contributed by atoms with Crippen molar-refractivity contribution in [3.8, 4) is 5.75 Å². The Morgan fingerprint density at radius 1 is 1.15 bits per heavy atom. The van der Waals surface area contributed by atoms with Crippen LogP contribution in [0.15, 0.2) is 48.5 Å². The summed E-state index contributed by atoms with van der Waals surface area (Å²) >= 11 is 0. The van der Waals surface area contributed by atoms with Gasteiger partial charge in [0.15, 0.2) is 0 Å². The zero-order valence-electron chi connectivity index (χ0n) is 14.8. The van der Waals surface area contributed by atoms with Crippen molar-refractivity contribution in [3.63, 3.8) is 0 Å². The van der Waals surface area contributed by atoms with Crippen LogP contribution in [0.2, 0.25) is 0 Å². The van der Waals surface area contributed by atoms with E-state index in [2.05, 4.69) is 10.3 Å². The van der Waals surface area contributed by atoms with Gasteiger partial charge in [-0.15, -0.1) is 0 Å². The molecule has 0 aliphatic carbocycles. The number of anilines is 1. The Bertz CT molecular complexity index is 962. The van der Waals surface area contributed by atoms with Crippen LogP contribution >= 0.6 is 0 Å². The fraction of sp³-hybridized carbons (Fsp3) is 0.211. The number of fused-ring (bicyclic) bond motifs is 1. The van der Waals surface area contributed by atoms with Crippen LogP contribution < -0.4 is 10.1 Å². The van der Waals surface area contributed by atoms with Gasteiger partial charge in [0.1, 0.15) is 5.75 Å². The SMILES string of the molecule is Cc1ccccc1OC(=N)n1c(NC(=O)OC(C)C)nc2ccccc21. The van der Waals surface area contributed by atoms with Crippen LogP contribution in [0.4, 0.5) is 10.7 Å². The van der Waals surface area contributed by atoms with Crippen molar-refractivity contribution in [3.05, 3.63) is 54.1 Å². The number of nitrogens with zero attached hydrogens (tertiary/aromatic N) is 2. The third-order valence-corrected chi connectivity index (χ3v) is 3.62. The second-order valence-corrected chi connectivity index (χ2v) is 6.01. The van der Waals surface area contributed by atoms with Crippen molar-refractivity contribution in [2.45, 2.75) is 26.9 Å². The number of nitrogens with one attached hydrogen (secondary N) is 2. The fourth-order valence-corrected chi connectivity index (χ4v) is 2.47. The standard InChI is InChI=1S/C19H20N4O3/c1-12(2)25-19(24)22-18-21-14-9-5-6-10-15(14)23(18)17(20)26-16-11-7-4-8-13(16)3/h4-12,20H,1-3H3,(H,21,22,24). The highest BCUT2D eigenvalue weighted by atomic mass is 16.6. The Balaban J connectivity index is 1.97. The van der Waals surface area contributed by atoms with E-state index < -0.39 is 6.09 Å². The van der Waals surface area contributed by atoms with E-state index in [1.165, 1.54) is 4.57 Å². The van der Waals surface area contributed by atoms with Crippen LogP contribution in [0, 0.1) is 12.3 Å². The summed E-state index contributed by atoms with van der Waals surface area (Å²) < 4.78 is 12.3. The van der Waals surface area contributed by atoms with E-state index in [4.69, 9.17) is 14.9 Å². The summed E-state index contributed by atoms with van der Waals surface area (Å²) in [4.78, 5) is 16.4. The molecule has 3 rings (SSSR count). The van der Waals surface area contributed by atoms with Gasteiger partial charge in [-0.1, -0.05) is 30.3 Å². The molecule has 0 aliphatic rings. The first-order chi connectivity index (χ1) is 12.5. The van der Waals surface area contributed by atoms with Gasteiger partial charge in [-0.05, 0) is 44.5 Å². The number of amides is 1. The first-order valence-electron chi connectivity index (χ1n) is 8.23. The third kappa shape index (κ3) is 3.66. The molecule has 2 N–H and O–H groups in total. The quantitative estimate of drug-likeness (QED) is 0.547. The summed E-state index contributed by atoms with van der Waals surface area (Å²) in [6.45, 7) is 5.41. The summed E-state index contributed by atoms with van der Waals surface area (Å²) in [5, 5.41) is 11.0. The lowest BCUT2D eigenvalue weighted by Crippen LogP contribution is -2.25. The van der Waals surface area contributed by atoms with E-state index >= 15 is 0 Å². The van der Waals surface area contributed by atoms with E-state index in [1.54, 1.807) is 32.0 Å². The lowest BCUT2D eigenvalue weighted by Gasteiger charge is -2.14. The van der Waals surface area contributed by atoms with Gasteiger partial charge in [-0.3, -0.25) is 10.7 Å². The van der Waals surface area contributed by atoms with E-state index in [0.717, 1.165) is 5.56 Å². The average molecular weight is 352 g/mol. The molecule has 26 heavy (non-hydrogen) atoms. The monoisotopic (exact) mass is 352 g/mol. The lowest BCUT2D eigenvalue weighted by atomic mass is 10.2. The number of aryl methyl sites for hydroxylation is 1. The van der Waals surface area contributed by atoms with Crippen LogP contribution in [0.25, 0.3) is 11.0 Å². The number of imidazole rings is 1. The zero-order valence-corrected chi connectivity index (χ0v) is 14.8. The van der Waals surface area contributed by atoms with E-state index in [1.807, 2.05) is 37.3 Å². The van der Waals surface area contributed by atoms with Gasteiger partial charge in [0, 0.05) is 0 Å². The number of carbonyl (C=O) groups is 1. The second kappa shape index (κ2) is 7.26. The van der Waals surface area contributed by atoms with Gasteiger partial charge >= 0.3 is 12.1 Å². The molecule has 0 aliphatic heterocycles. The van der Waals surface area contributed by atoms with Crippen LogP contribution in [0.1, 0.15) is 19.4 Å². The van der Waals surface area contributed by atoms with Crippen molar-refractivity contribution >= 4 is 29.1 Å². The summed E-state index contributed by atoms with van der Waals surface area (Å²) in [5.74, 6) is 0.724. The Kier molecular flexibility index (Phi) is 4.88. The normalized spacial score (nSPS) is 10.8. The maximum absolute atomic E-state index is 12.0. The minimum Gasteiger partial charge on any atom is -0.447 e. The van der Waals surface area contributed by atoms with E-state index in [0.29, 0.717) is 16.8 Å². The van der Waals surface area contributed by atoms with Gasteiger partial charge in [-0.25, -0.2) is 14.3 Å². The maximum Gasteiger partial charge on any atom is 0.414 e. The van der Waals surface area contributed by atoms with Crippen molar-refractivity contribution in [2.24, 2.45) is 0 Å². The summed E-state index contributed by atoms with van der Waals surface area (Å²) in [7, 11) is 0. The van der Waals surface area contributed by atoms with Gasteiger partial charge < -0.3 is 9.47 Å². The predicted molar refractivity (Wildman–Crippen MR) is 99.9 cm³/mol. The number of ether oxygens (including phenoxy) is 2. The number of aromatic nitrogens is 2. The Morgan fingerprint density at radius 2 is 1.85 bits per heavy atom. The maximum atomic E-state index is 12.0. The number of para-hydroxylation sites is 3. The Labute approximate surface area is 151 Å². The number of carbonyl (C=O) groups excluding carboxylic acids is 1. The first kappa shape index (κ1) is 17.5. The highest BCUT2D eigenvalue weighted by molar-refractivity contribution is 5.95. The molecule has 0 saturated heterocycles. The fourth-order valence-electron chi connectivity index (χ4n) is 2.47. The van der Waals surface area contributed by atoms with Crippen LogP contribution in [0.3, 0.4) is 0 Å².